The maximum absolute atomic E-state index is 12.0. The van der Waals surface area contributed by atoms with E-state index < -0.39 is 12.0 Å². The van der Waals surface area contributed by atoms with E-state index in [2.05, 4.69) is 6.07 Å². The van der Waals surface area contributed by atoms with E-state index in [-0.39, 0.29) is 11.6 Å². The summed E-state index contributed by atoms with van der Waals surface area (Å²) in [7, 11) is 1.77. The average molecular weight is 431 g/mol. The van der Waals surface area contributed by atoms with Crippen LogP contribution >= 0.6 is 0 Å². The number of hydrogen-bond acceptors (Lipinski definition) is 5. The van der Waals surface area contributed by atoms with Gasteiger partial charge in [0.25, 0.3) is 5.56 Å². The maximum Gasteiger partial charge on any atom is 0.250 e. The summed E-state index contributed by atoms with van der Waals surface area (Å²) in [6, 6.07) is 19.6. The molecule has 2 heterocycles. The highest BCUT2D eigenvalue weighted by molar-refractivity contribution is 5.84. The molecule has 0 aliphatic carbocycles. The molecule has 32 heavy (non-hydrogen) atoms. The second-order valence-corrected chi connectivity index (χ2v) is 8.16. The smallest absolute Gasteiger partial charge is 0.250 e. The zero-order valence-corrected chi connectivity index (χ0v) is 18.0. The van der Waals surface area contributed by atoms with E-state index >= 15 is 0 Å². The summed E-state index contributed by atoms with van der Waals surface area (Å²) in [5.41, 5.74) is 9.37. The Balaban J connectivity index is 1.52. The molecule has 1 aromatic heterocycles. The molecule has 0 saturated carbocycles. The topological polar surface area (TPSA) is 101 Å². The number of ether oxygens (including phenoxy) is 1. The number of carbonyl (C=O) groups excluding carboxylic acids is 1. The molecule has 1 fully saturated rings. The fraction of sp³-hybridized carbons (Fsp3) is 0.320. The van der Waals surface area contributed by atoms with Crippen LogP contribution < -0.4 is 11.3 Å². The van der Waals surface area contributed by atoms with E-state index in [0.717, 1.165) is 34.0 Å². The van der Waals surface area contributed by atoms with Crippen molar-refractivity contribution in [2.75, 3.05) is 19.7 Å². The molecule has 1 aliphatic rings. The molecular weight excluding hydrogens is 404 g/mol. The number of nitrogens with zero attached hydrogens (tertiary/aromatic N) is 3. The Labute approximate surface area is 186 Å². The molecule has 164 valence electrons. The first-order chi connectivity index (χ1) is 15.5. The van der Waals surface area contributed by atoms with E-state index in [1.165, 1.54) is 0 Å². The standard InChI is InChI=1S/C25H26N4O3/c1-28-22-14-20(8-7-19(22)9-10-24(28)30)18-5-3-17(4-6-18)13-21(15-26)29-11-2-12-32-23(16-29)25(27)31/h3-10,14,21,23H,2,11-13,16H2,1H3,(H2,27,31)/t21-,23-/m0/s1. The summed E-state index contributed by atoms with van der Waals surface area (Å²) < 4.78 is 7.15. The first-order valence-electron chi connectivity index (χ1n) is 10.7. The zero-order chi connectivity index (χ0) is 22.7. The van der Waals surface area contributed by atoms with Gasteiger partial charge in [-0.3, -0.25) is 14.5 Å². The Bertz CT molecular complexity index is 1230. The average Bonchev–Trinajstić information content (AvgIpc) is 3.07. The summed E-state index contributed by atoms with van der Waals surface area (Å²) in [5, 5.41) is 10.8. The number of primary amides is 1. The van der Waals surface area contributed by atoms with Gasteiger partial charge in [0.05, 0.1) is 11.6 Å². The van der Waals surface area contributed by atoms with Crippen molar-refractivity contribution >= 4 is 16.8 Å². The number of carbonyl (C=O) groups is 1. The SMILES string of the molecule is Cn1c(=O)ccc2ccc(-c3ccc(C[C@@H](C#N)N4CCCO[C@H](C(N)=O)C4)cc3)cc21. The zero-order valence-electron chi connectivity index (χ0n) is 18.0. The van der Waals surface area contributed by atoms with Crippen LogP contribution in [0.25, 0.3) is 22.0 Å². The van der Waals surface area contributed by atoms with Gasteiger partial charge in [0, 0.05) is 39.2 Å². The lowest BCUT2D eigenvalue weighted by molar-refractivity contribution is -0.129. The lowest BCUT2D eigenvalue weighted by atomic mass is 9.99. The second kappa shape index (κ2) is 9.35. The Morgan fingerprint density at radius 3 is 2.62 bits per heavy atom. The van der Waals surface area contributed by atoms with Crippen LogP contribution in [0.1, 0.15) is 12.0 Å². The van der Waals surface area contributed by atoms with Crippen molar-refractivity contribution in [2.24, 2.45) is 12.8 Å². The highest BCUT2D eigenvalue weighted by Gasteiger charge is 2.27. The molecule has 2 atom stereocenters. The van der Waals surface area contributed by atoms with Crippen molar-refractivity contribution in [1.29, 1.82) is 5.26 Å². The van der Waals surface area contributed by atoms with Gasteiger partial charge >= 0.3 is 0 Å². The van der Waals surface area contributed by atoms with Gasteiger partial charge in [-0.2, -0.15) is 5.26 Å². The van der Waals surface area contributed by atoms with E-state index in [1.807, 2.05) is 53.4 Å². The van der Waals surface area contributed by atoms with Crippen LogP contribution in [0.3, 0.4) is 0 Å². The van der Waals surface area contributed by atoms with Crippen molar-refractivity contribution in [1.82, 2.24) is 9.47 Å². The summed E-state index contributed by atoms with van der Waals surface area (Å²) >= 11 is 0. The highest BCUT2D eigenvalue weighted by Crippen LogP contribution is 2.25. The van der Waals surface area contributed by atoms with E-state index in [1.54, 1.807) is 17.7 Å². The summed E-state index contributed by atoms with van der Waals surface area (Å²) in [6.07, 6.45) is 0.624. The van der Waals surface area contributed by atoms with E-state index in [4.69, 9.17) is 10.5 Å². The van der Waals surface area contributed by atoms with Gasteiger partial charge in [-0.25, -0.2) is 0 Å². The van der Waals surface area contributed by atoms with Gasteiger partial charge in [-0.15, -0.1) is 0 Å². The molecular formula is C25H26N4O3. The third kappa shape index (κ3) is 4.57. The van der Waals surface area contributed by atoms with Gasteiger partial charge in [0.1, 0.15) is 12.1 Å². The van der Waals surface area contributed by atoms with Crippen molar-refractivity contribution in [3.05, 3.63) is 70.5 Å². The molecule has 1 saturated heterocycles. The van der Waals surface area contributed by atoms with Crippen LogP contribution in [-0.4, -0.2) is 47.2 Å². The summed E-state index contributed by atoms with van der Waals surface area (Å²) in [6.45, 7) is 1.49. The normalized spacial score (nSPS) is 18.1. The Morgan fingerprint density at radius 1 is 1.19 bits per heavy atom. The third-order valence-electron chi connectivity index (χ3n) is 6.06. The number of aromatic nitrogens is 1. The number of nitriles is 1. The lowest BCUT2D eigenvalue weighted by Gasteiger charge is -2.27. The van der Waals surface area contributed by atoms with Gasteiger partial charge in [0.15, 0.2) is 0 Å². The number of hydrogen-bond donors (Lipinski definition) is 1. The largest absolute Gasteiger partial charge is 0.367 e. The van der Waals surface area contributed by atoms with Crippen molar-refractivity contribution in [2.45, 2.75) is 25.0 Å². The molecule has 4 rings (SSSR count). The minimum absolute atomic E-state index is 0.0370. The number of amides is 1. The third-order valence-corrected chi connectivity index (χ3v) is 6.06. The molecule has 3 aromatic rings. The molecule has 0 unspecified atom stereocenters. The number of rotatable bonds is 5. The van der Waals surface area contributed by atoms with Crippen LogP contribution in [0, 0.1) is 11.3 Å². The van der Waals surface area contributed by atoms with Crippen LogP contribution in [0.2, 0.25) is 0 Å². The molecule has 7 heteroatoms. The number of pyridine rings is 1. The minimum Gasteiger partial charge on any atom is -0.367 e. The lowest BCUT2D eigenvalue weighted by Crippen LogP contribution is -2.44. The number of aryl methyl sites for hydroxylation is 1. The Hall–Kier alpha value is -3.47. The Morgan fingerprint density at radius 2 is 1.91 bits per heavy atom. The van der Waals surface area contributed by atoms with Crippen LogP contribution in [0.4, 0.5) is 0 Å². The second-order valence-electron chi connectivity index (χ2n) is 8.16. The molecule has 2 aromatic carbocycles. The molecule has 2 N–H and O–H groups in total. The Kier molecular flexibility index (Phi) is 6.35. The van der Waals surface area contributed by atoms with Gasteiger partial charge in [-0.1, -0.05) is 36.4 Å². The molecule has 0 spiro atoms. The van der Waals surface area contributed by atoms with Crippen molar-refractivity contribution in [3.63, 3.8) is 0 Å². The van der Waals surface area contributed by atoms with Crippen molar-refractivity contribution < 1.29 is 9.53 Å². The molecule has 7 nitrogen and oxygen atoms in total. The van der Waals surface area contributed by atoms with Crippen LogP contribution in [0.5, 0.6) is 0 Å². The molecule has 0 bridgehead atoms. The number of nitrogens with two attached hydrogens (primary N) is 1. The van der Waals surface area contributed by atoms with Crippen molar-refractivity contribution in [3.8, 4) is 17.2 Å². The quantitative estimate of drug-likeness (QED) is 0.669. The number of benzene rings is 2. The van der Waals surface area contributed by atoms with Crippen LogP contribution in [0.15, 0.2) is 59.4 Å². The first kappa shape index (κ1) is 21.8. The highest BCUT2D eigenvalue weighted by atomic mass is 16.5. The fourth-order valence-electron chi connectivity index (χ4n) is 4.16. The maximum atomic E-state index is 12.0. The monoisotopic (exact) mass is 430 g/mol. The van der Waals surface area contributed by atoms with E-state index in [9.17, 15) is 14.9 Å². The van der Waals surface area contributed by atoms with Gasteiger partial charge in [-0.05, 0) is 40.6 Å². The van der Waals surface area contributed by atoms with Gasteiger partial charge < -0.3 is 15.0 Å². The summed E-state index contributed by atoms with van der Waals surface area (Å²) in [5.74, 6) is -0.495. The fourth-order valence-corrected chi connectivity index (χ4v) is 4.16. The van der Waals surface area contributed by atoms with Crippen LogP contribution in [-0.2, 0) is 23.0 Å². The predicted molar refractivity (Wildman–Crippen MR) is 123 cm³/mol. The molecule has 1 aliphatic heterocycles. The van der Waals surface area contributed by atoms with Gasteiger partial charge in [0.2, 0.25) is 5.91 Å². The minimum atomic E-state index is -0.681. The molecule has 1 amide bonds. The molecule has 0 radical (unpaired) electrons. The predicted octanol–water partition coefficient (Wildman–Crippen LogP) is 2.22. The summed E-state index contributed by atoms with van der Waals surface area (Å²) in [4.78, 5) is 25.5. The number of fused-ring (bicyclic) bond motifs is 1. The first-order valence-corrected chi connectivity index (χ1v) is 10.7. The van der Waals surface area contributed by atoms with E-state index in [0.29, 0.717) is 26.1 Å².